The molecule has 5 heteroatoms. The predicted molar refractivity (Wildman–Crippen MR) is 75.0 cm³/mol. The van der Waals surface area contributed by atoms with Crippen molar-refractivity contribution in [2.24, 2.45) is 0 Å². The Labute approximate surface area is 117 Å². The van der Waals surface area contributed by atoms with E-state index in [0.29, 0.717) is 31.6 Å². The second kappa shape index (κ2) is 6.93. The summed E-state index contributed by atoms with van der Waals surface area (Å²) in [7, 11) is 0. The molecule has 0 aliphatic carbocycles. The molecule has 1 aromatic carbocycles. The van der Waals surface area contributed by atoms with Crippen molar-refractivity contribution in [2.75, 3.05) is 11.9 Å². The van der Waals surface area contributed by atoms with Crippen LogP contribution in [0.4, 0.5) is 5.69 Å². The minimum atomic E-state index is -0.823. The lowest BCUT2D eigenvalue weighted by Crippen LogP contribution is -2.15. The highest BCUT2D eigenvalue weighted by molar-refractivity contribution is 5.92. The van der Waals surface area contributed by atoms with Crippen LogP contribution in [0.25, 0.3) is 0 Å². The van der Waals surface area contributed by atoms with Crippen molar-refractivity contribution in [3.8, 4) is 5.75 Å². The molecule has 0 aromatic heterocycles. The molecule has 1 heterocycles. The van der Waals surface area contributed by atoms with Gasteiger partial charge in [0.1, 0.15) is 5.75 Å². The fraction of sp³-hybridized carbons (Fsp3) is 0.467. The molecule has 0 spiro atoms. The van der Waals surface area contributed by atoms with Gasteiger partial charge in [0.25, 0.3) is 0 Å². The molecule has 0 bridgehead atoms. The van der Waals surface area contributed by atoms with Crippen molar-refractivity contribution < 1.29 is 19.4 Å². The Morgan fingerprint density at radius 3 is 2.85 bits per heavy atom. The number of amides is 1. The van der Waals surface area contributed by atoms with E-state index >= 15 is 0 Å². The number of carboxylic acid groups (broad SMARTS) is 1. The van der Waals surface area contributed by atoms with Gasteiger partial charge in [0, 0.05) is 12.8 Å². The van der Waals surface area contributed by atoms with E-state index in [1.165, 1.54) is 0 Å². The van der Waals surface area contributed by atoms with Crippen LogP contribution >= 0.6 is 0 Å². The second-order valence-electron chi connectivity index (χ2n) is 4.89. The molecule has 2 rings (SSSR count). The van der Waals surface area contributed by atoms with Crippen molar-refractivity contribution in [1.82, 2.24) is 0 Å². The van der Waals surface area contributed by atoms with Gasteiger partial charge in [-0.3, -0.25) is 9.59 Å². The standard InChI is InChI=1S/C15H19NO4/c17-13(8-1-2-9-14(18)19)16-12-7-3-5-11-6-4-10-20-15(11)12/h3,5,7H,1-2,4,6,8-10H2,(H,16,17)(H,18,19). The van der Waals surface area contributed by atoms with Crippen LogP contribution < -0.4 is 10.1 Å². The number of hydrogen-bond donors (Lipinski definition) is 2. The molecule has 20 heavy (non-hydrogen) atoms. The molecule has 0 radical (unpaired) electrons. The Morgan fingerprint density at radius 2 is 2.05 bits per heavy atom. The maximum absolute atomic E-state index is 11.8. The number of para-hydroxylation sites is 1. The summed E-state index contributed by atoms with van der Waals surface area (Å²) in [5.41, 5.74) is 1.84. The predicted octanol–water partition coefficient (Wildman–Crippen LogP) is 2.60. The number of rotatable bonds is 6. The largest absolute Gasteiger partial charge is 0.491 e. The third kappa shape index (κ3) is 3.98. The number of aryl methyl sites for hydroxylation is 1. The summed E-state index contributed by atoms with van der Waals surface area (Å²) < 4.78 is 5.62. The van der Waals surface area contributed by atoms with Crippen molar-refractivity contribution in [2.45, 2.75) is 38.5 Å². The number of carbonyl (C=O) groups excluding carboxylic acids is 1. The lowest BCUT2D eigenvalue weighted by molar-refractivity contribution is -0.137. The summed E-state index contributed by atoms with van der Waals surface area (Å²) in [6.45, 7) is 0.679. The molecule has 0 unspecified atom stereocenters. The van der Waals surface area contributed by atoms with E-state index in [4.69, 9.17) is 9.84 Å². The van der Waals surface area contributed by atoms with Gasteiger partial charge in [0.15, 0.2) is 0 Å². The zero-order chi connectivity index (χ0) is 14.4. The molecule has 0 fully saturated rings. The van der Waals surface area contributed by atoms with Crippen LogP contribution in [-0.4, -0.2) is 23.6 Å². The van der Waals surface area contributed by atoms with Crippen LogP contribution in [0.3, 0.4) is 0 Å². The van der Waals surface area contributed by atoms with Crippen molar-refractivity contribution >= 4 is 17.6 Å². The first-order valence-electron chi connectivity index (χ1n) is 6.93. The molecule has 0 saturated heterocycles. The highest BCUT2D eigenvalue weighted by atomic mass is 16.5. The number of carbonyl (C=O) groups is 2. The fourth-order valence-electron chi connectivity index (χ4n) is 2.26. The Hall–Kier alpha value is -2.04. The number of unbranched alkanes of at least 4 members (excludes halogenated alkanes) is 1. The third-order valence-corrected chi connectivity index (χ3v) is 3.25. The van der Waals surface area contributed by atoms with Gasteiger partial charge in [-0.05, 0) is 37.3 Å². The third-order valence-electron chi connectivity index (χ3n) is 3.25. The van der Waals surface area contributed by atoms with Crippen molar-refractivity contribution in [1.29, 1.82) is 0 Å². The summed E-state index contributed by atoms with van der Waals surface area (Å²) in [5.74, 6) is -0.147. The van der Waals surface area contributed by atoms with E-state index in [0.717, 1.165) is 24.2 Å². The maximum atomic E-state index is 11.8. The van der Waals surface area contributed by atoms with Gasteiger partial charge >= 0.3 is 5.97 Å². The second-order valence-corrected chi connectivity index (χ2v) is 4.89. The van der Waals surface area contributed by atoms with Gasteiger partial charge < -0.3 is 15.2 Å². The highest BCUT2D eigenvalue weighted by Crippen LogP contribution is 2.32. The molecular formula is C15H19NO4. The number of anilines is 1. The van der Waals surface area contributed by atoms with Crippen LogP contribution in [0, 0.1) is 0 Å². The molecule has 0 atom stereocenters. The van der Waals surface area contributed by atoms with Crippen LogP contribution in [0.1, 0.15) is 37.7 Å². The van der Waals surface area contributed by atoms with E-state index in [9.17, 15) is 9.59 Å². The van der Waals surface area contributed by atoms with Gasteiger partial charge in [-0.25, -0.2) is 0 Å². The zero-order valence-electron chi connectivity index (χ0n) is 11.4. The number of benzene rings is 1. The van der Waals surface area contributed by atoms with E-state index in [1.807, 2.05) is 18.2 Å². The number of nitrogens with one attached hydrogen (secondary N) is 1. The minimum absolute atomic E-state index is 0.0991. The Kier molecular flexibility index (Phi) is 4.98. The quantitative estimate of drug-likeness (QED) is 0.784. The first kappa shape index (κ1) is 14.4. The van der Waals surface area contributed by atoms with E-state index < -0.39 is 5.97 Å². The molecule has 5 nitrogen and oxygen atoms in total. The molecule has 2 N–H and O–H groups in total. The zero-order valence-corrected chi connectivity index (χ0v) is 11.4. The number of hydrogen-bond acceptors (Lipinski definition) is 3. The Balaban J connectivity index is 1.86. The normalized spacial score (nSPS) is 13.2. The van der Waals surface area contributed by atoms with E-state index in [2.05, 4.69) is 5.32 Å². The van der Waals surface area contributed by atoms with E-state index in [1.54, 1.807) is 0 Å². The highest BCUT2D eigenvalue weighted by Gasteiger charge is 2.15. The molecule has 1 amide bonds. The van der Waals surface area contributed by atoms with Crippen LogP contribution in [0.2, 0.25) is 0 Å². The van der Waals surface area contributed by atoms with Gasteiger partial charge in [-0.15, -0.1) is 0 Å². The molecule has 0 saturated carbocycles. The monoisotopic (exact) mass is 277 g/mol. The average molecular weight is 277 g/mol. The van der Waals surface area contributed by atoms with Gasteiger partial charge in [0.05, 0.1) is 12.3 Å². The first-order chi connectivity index (χ1) is 9.66. The molecule has 108 valence electrons. The van der Waals surface area contributed by atoms with Crippen LogP contribution in [0.5, 0.6) is 5.75 Å². The summed E-state index contributed by atoms with van der Waals surface area (Å²) in [5, 5.41) is 11.4. The lowest BCUT2D eigenvalue weighted by atomic mass is 10.1. The van der Waals surface area contributed by atoms with Crippen LogP contribution in [-0.2, 0) is 16.0 Å². The van der Waals surface area contributed by atoms with Gasteiger partial charge in [-0.1, -0.05) is 12.1 Å². The molecule has 1 aromatic rings. The summed E-state index contributed by atoms with van der Waals surface area (Å²) in [6, 6.07) is 5.75. The number of fused-ring (bicyclic) bond motifs is 1. The Bertz CT molecular complexity index is 499. The molecule has 1 aliphatic rings. The van der Waals surface area contributed by atoms with Gasteiger partial charge in [-0.2, -0.15) is 0 Å². The molecule has 1 aliphatic heterocycles. The molecular weight excluding hydrogens is 258 g/mol. The summed E-state index contributed by atoms with van der Waals surface area (Å²) >= 11 is 0. The maximum Gasteiger partial charge on any atom is 0.303 e. The SMILES string of the molecule is O=C(O)CCCCC(=O)Nc1cccc2c1OCCC2. The summed E-state index contributed by atoms with van der Waals surface area (Å²) in [6.07, 6.45) is 3.51. The number of aliphatic carboxylic acids is 1. The summed E-state index contributed by atoms with van der Waals surface area (Å²) in [4.78, 5) is 22.2. The van der Waals surface area contributed by atoms with E-state index in [-0.39, 0.29) is 12.3 Å². The van der Waals surface area contributed by atoms with Crippen molar-refractivity contribution in [3.63, 3.8) is 0 Å². The smallest absolute Gasteiger partial charge is 0.303 e. The average Bonchev–Trinajstić information content (AvgIpc) is 2.44. The number of carboxylic acids is 1. The number of ether oxygens (including phenoxy) is 1. The minimum Gasteiger partial charge on any atom is -0.491 e. The Morgan fingerprint density at radius 1 is 1.25 bits per heavy atom. The van der Waals surface area contributed by atoms with Gasteiger partial charge in [0.2, 0.25) is 5.91 Å². The lowest BCUT2D eigenvalue weighted by Gasteiger charge is -2.20. The fourth-order valence-corrected chi connectivity index (χ4v) is 2.26. The first-order valence-corrected chi connectivity index (χ1v) is 6.93. The van der Waals surface area contributed by atoms with Crippen LogP contribution in [0.15, 0.2) is 18.2 Å². The van der Waals surface area contributed by atoms with Crippen molar-refractivity contribution in [3.05, 3.63) is 23.8 Å². The topological polar surface area (TPSA) is 75.6 Å².